The highest BCUT2D eigenvalue weighted by molar-refractivity contribution is 7.13. The summed E-state index contributed by atoms with van der Waals surface area (Å²) in [5.74, 6) is 0.403. The van der Waals surface area contributed by atoms with Crippen LogP contribution in [0.3, 0.4) is 0 Å². The molecule has 1 aromatic carbocycles. The topological polar surface area (TPSA) is 55.1 Å². The fourth-order valence-corrected chi connectivity index (χ4v) is 3.76. The summed E-state index contributed by atoms with van der Waals surface area (Å²) in [4.78, 5) is 13.4. The molecule has 1 fully saturated rings. The first-order valence-electron chi connectivity index (χ1n) is 7.42. The number of carbonyl (C=O) groups is 1. The first-order valence-corrected chi connectivity index (χ1v) is 8.30. The zero-order chi connectivity index (χ0) is 14.7. The molecule has 0 aliphatic heterocycles. The lowest BCUT2D eigenvalue weighted by Crippen LogP contribution is -2.28. The van der Waals surface area contributed by atoms with Gasteiger partial charge in [0, 0.05) is 28.6 Å². The van der Waals surface area contributed by atoms with E-state index in [1.54, 1.807) is 11.3 Å². The van der Waals surface area contributed by atoms with Gasteiger partial charge in [-0.15, -0.1) is 23.7 Å². The normalized spacial score (nSPS) is 20.4. The van der Waals surface area contributed by atoms with Crippen molar-refractivity contribution in [2.75, 3.05) is 5.32 Å². The lowest BCUT2D eigenvalue weighted by Gasteiger charge is -2.16. The lowest BCUT2D eigenvalue weighted by molar-refractivity contribution is -0.117. The van der Waals surface area contributed by atoms with E-state index >= 15 is 0 Å². The van der Waals surface area contributed by atoms with E-state index in [1.807, 2.05) is 35.7 Å². The third-order valence-corrected chi connectivity index (χ3v) is 5.06. The molecule has 1 heterocycles. The molecule has 0 saturated heterocycles. The van der Waals surface area contributed by atoms with Crippen molar-refractivity contribution in [1.82, 2.24) is 0 Å². The maximum Gasteiger partial charge on any atom is 0.224 e. The SMILES string of the molecule is Cl.N[C@@H]1CCC[C@H]1CC(=O)Nc1ccccc1-c1cccs1. The standard InChI is InChI=1S/C17H20N2OS.ClH/c18-14-7-3-5-12(14)11-17(20)19-15-8-2-1-6-13(15)16-9-4-10-21-16;/h1-2,4,6,8-10,12,14H,3,5,7,11,18H2,(H,19,20);1H/t12-,14+;/m0./s1. The Kier molecular flexibility index (Phi) is 6.00. The van der Waals surface area contributed by atoms with Crippen LogP contribution in [-0.2, 0) is 4.79 Å². The predicted molar refractivity (Wildman–Crippen MR) is 95.6 cm³/mol. The van der Waals surface area contributed by atoms with E-state index < -0.39 is 0 Å². The van der Waals surface area contributed by atoms with Crippen molar-refractivity contribution >= 4 is 35.3 Å². The predicted octanol–water partition coefficient (Wildman–Crippen LogP) is 4.29. The van der Waals surface area contributed by atoms with Crippen LogP contribution in [0.1, 0.15) is 25.7 Å². The average molecular weight is 337 g/mol. The van der Waals surface area contributed by atoms with Crippen LogP contribution in [0.4, 0.5) is 5.69 Å². The van der Waals surface area contributed by atoms with Crippen molar-refractivity contribution in [3.05, 3.63) is 41.8 Å². The van der Waals surface area contributed by atoms with E-state index in [0.717, 1.165) is 30.5 Å². The minimum absolute atomic E-state index is 0. The minimum atomic E-state index is 0. The minimum Gasteiger partial charge on any atom is -0.327 e. The van der Waals surface area contributed by atoms with E-state index in [1.165, 1.54) is 4.88 Å². The molecule has 0 unspecified atom stereocenters. The van der Waals surface area contributed by atoms with Crippen molar-refractivity contribution in [1.29, 1.82) is 0 Å². The molecule has 5 heteroatoms. The Labute approximate surface area is 141 Å². The molecule has 22 heavy (non-hydrogen) atoms. The van der Waals surface area contributed by atoms with E-state index in [4.69, 9.17) is 5.73 Å². The quantitative estimate of drug-likeness (QED) is 0.874. The molecule has 3 N–H and O–H groups in total. The van der Waals surface area contributed by atoms with Gasteiger partial charge in [0.1, 0.15) is 0 Å². The fraction of sp³-hybridized carbons (Fsp3) is 0.353. The fourth-order valence-electron chi connectivity index (χ4n) is 3.00. The molecule has 0 spiro atoms. The molecule has 0 radical (unpaired) electrons. The van der Waals surface area contributed by atoms with Gasteiger partial charge in [0.2, 0.25) is 5.91 Å². The van der Waals surface area contributed by atoms with Crippen LogP contribution in [0.2, 0.25) is 0 Å². The van der Waals surface area contributed by atoms with Crippen LogP contribution in [0, 0.1) is 5.92 Å². The molecule has 0 bridgehead atoms. The number of amides is 1. The number of thiophene rings is 1. The largest absolute Gasteiger partial charge is 0.327 e. The summed E-state index contributed by atoms with van der Waals surface area (Å²) in [5, 5.41) is 5.11. The summed E-state index contributed by atoms with van der Waals surface area (Å²) in [7, 11) is 0. The van der Waals surface area contributed by atoms with E-state index in [9.17, 15) is 4.79 Å². The maximum absolute atomic E-state index is 12.3. The van der Waals surface area contributed by atoms with Crippen molar-refractivity contribution in [3.8, 4) is 10.4 Å². The molecular formula is C17H21ClN2OS. The maximum atomic E-state index is 12.3. The van der Waals surface area contributed by atoms with Crippen molar-refractivity contribution in [2.24, 2.45) is 11.7 Å². The van der Waals surface area contributed by atoms with Crippen molar-refractivity contribution < 1.29 is 4.79 Å². The van der Waals surface area contributed by atoms with Gasteiger partial charge in [0.05, 0.1) is 0 Å². The Bertz CT molecular complexity index is 615. The van der Waals surface area contributed by atoms with Gasteiger partial charge >= 0.3 is 0 Å². The second-order valence-electron chi connectivity index (χ2n) is 5.63. The number of para-hydroxylation sites is 1. The zero-order valence-corrected chi connectivity index (χ0v) is 14.0. The zero-order valence-electron chi connectivity index (χ0n) is 12.3. The highest BCUT2D eigenvalue weighted by Gasteiger charge is 2.26. The number of nitrogens with two attached hydrogens (primary N) is 1. The summed E-state index contributed by atoms with van der Waals surface area (Å²) in [6.45, 7) is 0. The lowest BCUT2D eigenvalue weighted by atomic mass is 9.99. The number of hydrogen-bond donors (Lipinski definition) is 2. The number of halogens is 1. The molecule has 2 aromatic rings. The molecule has 2 atom stereocenters. The van der Waals surface area contributed by atoms with E-state index in [2.05, 4.69) is 11.4 Å². The van der Waals surface area contributed by atoms with Gasteiger partial charge in [0.25, 0.3) is 0 Å². The van der Waals surface area contributed by atoms with Crippen LogP contribution < -0.4 is 11.1 Å². The van der Waals surface area contributed by atoms with Crippen molar-refractivity contribution in [2.45, 2.75) is 31.7 Å². The molecule has 3 nitrogen and oxygen atoms in total. The van der Waals surface area contributed by atoms with Gasteiger partial charge in [-0.1, -0.05) is 30.7 Å². The second kappa shape index (κ2) is 7.77. The van der Waals surface area contributed by atoms with Gasteiger partial charge < -0.3 is 11.1 Å². The summed E-state index contributed by atoms with van der Waals surface area (Å²) in [6, 6.07) is 12.2. The van der Waals surface area contributed by atoms with Crippen LogP contribution in [0.5, 0.6) is 0 Å². The molecule has 118 valence electrons. The van der Waals surface area contributed by atoms with Crippen molar-refractivity contribution in [3.63, 3.8) is 0 Å². The summed E-state index contributed by atoms with van der Waals surface area (Å²) in [6.07, 6.45) is 3.79. The Morgan fingerprint density at radius 1 is 1.23 bits per heavy atom. The smallest absolute Gasteiger partial charge is 0.224 e. The molecular weight excluding hydrogens is 316 g/mol. The Morgan fingerprint density at radius 2 is 2.05 bits per heavy atom. The summed E-state index contributed by atoms with van der Waals surface area (Å²) >= 11 is 1.68. The number of hydrogen-bond acceptors (Lipinski definition) is 3. The van der Waals surface area contributed by atoms with Gasteiger partial charge in [-0.2, -0.15) is 0 Å². The summed E-state index contributed by atoms with van der Waals surface area (Å²) in [5.41, 5.74) is 8.02. The number of benzene rings is 1. The molecule has 1 amide bonds. The van der Waals surface area contributed by atoms with Crippen LogP contribution in [0.25, 0.3) is 10.4 Å². The van der Waals surface area contributed by atoms with Gasteiger partial charge in [-0.05, 0) is 36.3 Å². The average Bonchev–Trinajstić information content (AvgIpc) is 3.12. The highest BCUT2D eigenvalue weighted by atomic mass is 35.5. The number of nitrogens with one attached hydrogen (secondary N) is 1. The van der Waals surface area contributed by atoms with Gasteiger partial charge in [-0.3, -0.25) is 4.79 Å². The molecule has 1 saturated carbocycles. The third-order valence-electron chi connectivity index (χ3n) is 4.15. The van der Waals surface area contributed by atoms with Crippen LogP contribution in [-0.4, -0.2) is 11.9 Å². The third kappa shape index (κ3) is 3.88. The molecule has 1 aromatic heterocycles. The second-order valence-corrected chi connectivity index (χ2v) is 6.58. The van der Waals surface area contributed by atoms with Gasteiger partial charge in [0.15, 0.2) is 0 Å². The number of rotatable bonds is 4. The Balaban J connectivity index is 0.00000176. The molecule has 1 aliphatic carbocycles. The number of anilines is 1. The summed E-state index contributed by atoms with van der Waals surface area (Å²) < 4.78 is 0. The Hall–Kier alpha value is -1.36. The first kappa shape index (κ1) is 17.0. The van der Waals surface area contributed by atoms with E-state index in [0.29, 0.717) is 12.3 Å². The monoisotopic (exact) mass is 336 g/mol. The molecule has 3 rings (SSSR count). The van der Waals surface area contributed by atoms with Crippen LogP contribution in [0.15, 0.2) is 41.8 Å². The van der Waals surface area contributed by atoms with Crippen LogP contribution >= 0.6 is 23.7 Å². The Morgan fingerprint density at radius 3 is 2.73 bits per heavy atom. The van der Waals surface area contributed by atoms with E-state index in [-0.39, 0.29) is 24.4 Å². The molecule has 1 aliphatic rings. The number of carbonyl (C=O) groups excluding carboxylic acids is 1. The first-order chi connectivity index (χ1) is 10.2. The highest BCUT2D eigenvalue weighted by Crippen LogP contribution is 2.32. The van der Waals surface area contributed by atoms with Gasteiger partial charge in [-0.25, -0.2) is 0 Å².